The molecule has 1 N–H and O–H groups in total. The Morgan fingerprint density at radius 1 is 1.38 bits per heavy atom. The molecular formula is C12H13ClN6O2. The predicted octanol–water partition coefficient (Wildman–Crippen LogP) is 0.932. The zero-order valence-corrected chi connectivity index (χ0v) is 11.8. The minimum Gasteiger partial charge on any atom is -0.458 e. The highest BCUT2D eigenvalue weighted by Crippen LogP contribution is 2.17. The number of hydrogen-bond acceptors (Lipinski definition) is 6. The summed E-state index contributed by atoms with van der Waals surface area (Å²) in [4.78, 5) is 25.7. The fourth-order valence-corrected chi connectivity index (χ4v) is 2.29. The maximum absolute atomic E-state index is 12.2. The van der Waals surface area contributed by atoms with Gasteiger partial charge >= 0.3 is 6.01 Å². The van der Waals surface area contributed by atoms with Gasteiger partial charge in [0.2, 0.25) is 5.82 Å². The lowest BCUT2D eigenvalue weighted by molar-refractivity contribution is 0.0505. The summed E-state index contributed by atoms with van der Waals surface area (Å²) < 4.78 is 5.69. The Balaban J connectivity index is 1.63. The van der Waals surface area contributed by atoms with Gasteiger partial charge in [0.15, 0.2) is 0 Å². The van der Waals surface area contributed by atoms with Gasteiger partial charge < -0.3 is 9.64 Å². The summed E-state index contributed by atoms with van der Waals surface area (Å²) in [6.45, 7) is 1.13. The van der Waals surface area contributed by atoms with E-state index in [1.165, 1.54) is 18.7 Å². The van der Waals surface area contributed by atoms with Gasteiger partial charge in [0.25, 0.3) is 5.91 Å². The minimum absolute atomic E-state index is 0.146. The normalized spacial score (nSPS) is 18.5. The van der Waals surface area contributed by atoms with E-state index in [0.717, 1.165) is 12.8 Å². The maximum Gasteiger partial charge on any atom is 0.316 e. The van der Waals surface area contributed by atoms with Crippen LogP contribution in [0.4, 0.5) is 0 Å². The van der Waals surface area contributed by atoms with Crippen LogP contribution >= 0.6 is 11.6 Å². The smallest absolute Gasteiger partial charge is 0.316 e. The van der Waals surface area contributed by atoms with E-state index in [0.29, 0.717) is 18.1 Å². The van der Waals surface area contributed by atoms with Crippen LogP contribution in [0.15, 0.2) is 18.7 Å². The number of halogens is 1. The van der Waals surface area contributed by atoms with E-state index in [4.69, 9.17) is 16.3 Å². The highest BCUT2D eigenvalue weighted by molar-refractivity contribution is 6.30. The number of amides is 1. The lowest BCUT2D eigenvalue weighted by atomic mass is 10.1. The molecular weight excluding hydrogens is 296 g/mol. The second-order valence-corrected chi connectivity index (χ2v) is 5.09. The molecule has 1 atom stereocenters. The Kier molecular flexibility index (Phi) is 3.96. The number of carbonyl (C=O) groups is 1. The molecule has 2 aromatic rings. The molecule has 9 heteroatoms. The van der Waals surface area contributed by atoms with Gasteiger partial charge in [-0.3, -0.25) is 9.89 Å². The summed E-state index contributed by atoms with van der Waals surface area (Å²) in [5, 5.41) is 6.71. The average Bonchev–Trinajstić information content (AvgIpc) is 3.03. The second kappa shape index (κ2) is 6.04. The first-order valence-corrected chi connectivity index (χ1v) is 6.89. The molecule has 21 heavy (non-hydrogen) atoms. The monoisotopic (exact) mass is 308 g/mol. The van der Waals surface area contributed by atoms with Gasteiger partial charge in [0, 0.05) is 6.54 Å². The number of likely N-dealkylation sites (tertiary alicyclic amines) is 1. The SMILES string of the molecule is O=C(c1ncn[nH]1)N1CCCC(Oc2ncc(Cl)cn2)C1. The third kappa shape index (κ3) is 3.27. The highest BCUT2D eigenvalue weighted by atomic mass is 35.5. The molecule has 0 bridgehead atoms. The van der Waals surface area contributed by atoms with E-state index in [1.54, 1.807) is 4.90 Å². The summed E-state index contributed by atoms with van der Waals surface area (Å²) in [5.41, 5.74) is 0. The van der Waals surface area contributed by atoms with Crippen molar-refractivity contribution in [3.05, 3.63) is 29.6 Å². The maximum atomic E-state index is 12.2. The fourth-order valence-electron chi connectivity index (χ4n) is 2.19. The molecule has 1 aliphatic heterocycles. The van der Waals surface area contributed by atoms with E-state index in [9.17, 15) is 4.79 Å². The first-order chi connectivity index (χ1) is 10.2. The molecule has 1 amide bonds. The fraction of sp³-hybridized carbons (Fsp3) is 0.417. The Hall–Kier alpha value is -2.22. The molecule has 1 fully saturated rings. The molecule has 0 aliphatic carbocycles. The van der Waals surface area contributed by atoms with Gasteiger partial charge in [0.05, 0.1) is 24.0 Å². The van der Waals surface area contributed by atoms with Crippen molar-refractivity contribution < 1.29 is 9.53 Å². The number of carbonyl (C=O) groups excluding carboxylic acids is 1. The largest absolute Gasteiger partial charge is 0.458 e. The summed E-state index contributed by atoms with van der Waals surface area (Å²) in [5.74, 6) is 0.0521. The van der Waals surface area contributed by atoms with E-state index < -0.39 is 0 Å². The number of ether oxygens (including phenoxy) is 1. The topological polar surface area (TPSA) is 96.9 Å². The number of aromatic amines is 1. The lowest BCUT2D eigenvalue weighted by Gasteiger charge is -2.31. The second-order valence-electron chi connectivity index (χ2n) is 4.65. The Bertz CT molecular complexity index is 603. The van der Waals surface area contributed by atoms with Crippen LogP contribution < -0.4 is 4.74 Å². The molecule has 3 heterocycles. The van der Waals surface area contributed by atoms with E-state index in [-0.39, 0.29) is 23.8 Å². The van der Waals surface area contributed by atoms with Crippen molar-refractivity contribution in [1.82, 2.24) is 30.0 Å². The van der Waals surface area contributed by atoms with Gasteiger partial charge in [-0.2, -0.15) is 5.10 Å². The van der Waals surface area contributed by atoms with Crippen molar-refractivity contribution in [2.24, 2.45) is 0 Å². The first-order valence-electron chi connectivity index (χ1n) is 6.51. The molecule has 0 saturated carbocycles. The Morgan fingerprint density at radius 3 is 2.90 bits per heavy atom. The molecule has 0 radical (unpaired) electrons. The molecule has 110 valence electrons. The third-order valence-corrected chi connectivity index (χ3v) is 3.35. The number of rotatable bonds is 3. The van der Waals surface area contributed by atoms with Crippen LogP contribution in [0.1, 0.15) is 23.5 Å². The number of aromatic nitrogens is 5. The first kappa shape index (κ1) is 13.7. The van der Waals surface area contributed by atoms with Gasteiger partial charge in [0.1, 0.15) is 12.4 Å². The van der Waals surface area contributed by atoms with Crippen molar-refractivity contribution in [1.29, 1.82) is 0 Å². The predicted molar refractivity (Wildman–Crippen MR) is 73.0 cm³/mol. The molecule has 1 unspecified atom stereocenters. The van der Waals surface area contributed by atoms with Crippen molar-refractivity contribution in [3.8, 4) is 6.01 Å². The number of nitrogens with zero attached hydrogens (tertiary/aromatic N) is 5. The van der Waals surface area contributed by atoms with Crippen LogP contribution in [-0.4, -0.2) is 55.1 Å². The van der Waals surface area contributed by atoms with Crippen molar-refractivity contribution in [2.75, 3.05) is 13.1 Å². The van der Waals surface area contributed by atoms with Crippen LogP contribution in [-0.2, 0) is 0 Å². The zero-order valence-electron chi connectivity index (χ0n) is 11.1. The van der Waals surface area contributed by atoms with Crippen molar-refractivity contribution in [3.63, 3.8) is 0 Å². The van der Waals surface area contributed by atoms with Gasteiger partial charge in [-0.15, -0.1) is 0 Å². The molecule has 8 nitrogen and oxygen atoms in total. The molecule has 3 rings (SSSR count). The Labute approximate surface area is 125 Å². The van der Waals surface area contributed by atoms with Crippen LogP contribution in [0.25, 0.3) is 0 Å². The summed E-state index contributed by atoms with van der Waals surface area (Å²) in [6, 6.07) is 0.262. The zero-order chi connectivity index (χ0) is 14.7. The van der Waals surface area contributed by atoms with Crippen LogP contribution in [0.5, 0.6) is 6.01 Å². The molecule has 1 saturated heterocycles. The molecule has 1 aliphatic rings. The van der Waals surface area contributed by atoms with Crippen LogP contribution in [0, 0.1) is 0 Å². The average molecular weight is 309 g/mol. The standard InChI is InChI=1S/C12H13ClN6O2/c13-8-4-14-12(15-5-8)21-9-2-1-3-19(6-9)11(20)10-16-7-17-18-10/h4-5,7,9H,1-3,6H2,(H,16,17,18). The summed E-state index contributed by atoms with van der Waals surface area (Å²) in [7, 11) is 0. The van der Waals surface area contributed by atoms with E-state index >= 15 is 0 Å². The molecule has 0 spiro atoms. The number of piperidine rings is 1. The van der Waals surface area contributed by atoms with Gasteiger partial charge in [-0.05, 0) is 12.8 Å². The van der Waals surface area contributed by atoms with Crippen molar-refractivity contribution in [2.45, 2.75) is 18.9 Å². The van der Waals surface area contributed by atoms with Crippen LogP contribution in [0.3, 0.4) is 0 Å². The van der Waals surface area contributed by atoms with Gasteiger partial charge in [-0.25, -0.2) is 15.0 Å². The summed E-state index contributed by atoms with van der Waals surface area (Å²) in [6.07, 6.45) is 5.80. The van der Waals surface area contributed by atoms with Crippen molar-refractivity contribution >= 4 is 17.5 Å². The number of hydrogen-bond donors (Lipinski definition) is 1. The number of nitrogens with one attached hydrogen (secondary N) is 1. The molecule has 2 aromatic heterocycles. The molecule has 0 aromatic carbocycles. The quantitative estimate of drug-likeness (QED) is 0.906. The van der Waals surface area contributed by atoms with Gasteiger partial charge in [-0.1, -0.05) is 11.6 Å². The highest BCUT2D eigenvalue weighted by Gasteiger charge is 2.27. The Morgan fingerprint density at radius 2 is 2.19 bits per heavy atom. The third-order valence-electron chi connectivity index (χ3n) is 3.15. The van der Waals surface area contributed by atoms with Crippen LogP contribution in [0.2, 0.25) is 5.02 Å². The van der Waals surface area contributed by atoms with E-state index in [1.807, 2.05) is 0 Å². The lowest BCUT2D eigenvalue weighted by Crippen LogP contribution is -2.44. The summed E-state index contributed by atoms with van der Waals surface area (Å²) >= 11 is 5.73. The van der Waals surface area contributed by atoms with E-state index in [2.05, 4.69) is 25.1 Å². The minimum atomic E-state index is -0.183. The number of H-pyrrole nitrogens is 1.